The van der Waals surface area contributed by atoms with E-state index in [2.05, 4.69) is 4.72 Å². The van der Waals surface area contributed by atoms with Crippen LogP contribution in [0.25, 0.3) is 5.57 Å². The number of benzene rings is 2. The third-order valence-corrected chi connectivity index (χ3v) is 5.45. The molecular formula is C22H22FNO5S. The molecular weight excluding hydrogens is 409 g/mol. The fourth-order valence-corrected chi connectivity index (χ4v) is 4.20. The summed E-state index contributed by atoms with van der Waals surface area (Å²) < 4.78 is 45.1. The summed E-state index contributed by atoms with van der Waals surface area (Å²) in [6, 6.07) is 12.6. The average Bonchev–Trinajstić information content (AvgIpc) is 2.66. The van der Waals surface area contributed by atoms with Crippen LogP contribution in [0.15, 0.2) is 54.6 Å². The first-order chi connectivity index (χ1) is 14.2. The third-order valence-electron chi connectivity index (χ3n) is 4.85. The Labute approximate surface area is 174 Å². The van der Waals surface area contributed by atoms with Crippen molar-refractivity contribution in [2.45, 2.75) is 19.3 Å². The minimum Gasteiger partial charge on any atom is -0.465 e. The van der Waals surface area contributed by atoms with E-state index in [1.807, 2.05) is 0 Å². The van der Waals surface area contributed by atoms with Crippen molar-refractivity contribution in [1.29, 1.82) is 0 Å². The first-order valence-corrected chi connectivity index (χ1v) is 11.3. The molecule has 6 nitrogen and oxygen atoms in total. The topological polar surface area (TPSA) is 89.5 Å². The van der Waals surface area contributed by atoms with Crippen LogP contribution in [0, 0.1) is 11.7 Å². The molecule has 0 unspecified atom stereocenters. The summed E-state index contributed by atoms with van der Waals surface area (Å²) >= 11 is 0. The van der Waals surface area contributed by atoms with Crippen molar-refractivity contribution in [3.8, 4) is 0 Å². The fourth-order valence-electron chi connectivity index (χ4n) is 3.65. The van der Waals surface area contributed by atoms with Crippen LogP contribution in [-0.2, 0) is 24.3 Å². The predicted octanol–water partition coefficient (Wildman–Crippen LogP) is 3.52. The number of hydrogen-bond donors (Lipinski definition) is 1. The maximum absolute atomic E-state index is 14.5. The molecule has 158 valence electrons. The highest BCUT2D eigenvalue weighted by molar-refractivity contribution is 7.92. The van der Waals surface area contributed by atoms with Gasteiger partial charge in [0.25, 0.3) is 0 Å². The number of ether oxygens (including phenoxy) is 1. The van der Waals surface area contributed by atoms with Gasteiger partial charge in [-0.25, -0.2) is 12.8 Å². The van der Waals surface area contributed by atoms with Crippen LogP contribution in [0.4, 0.5) is 10.1 Å². The van der Waals surface area contributed by atoms with Crippen LogP contribution < -0.4 is 4.72 Å². The van der Waals surface area contributed by atoms with Gasteiger partial charge in [0, 0.05) is 11.6 Å². The smallest absolute Gasteiger partial charge is 0.317 e. The molecule has 0 bridgehead atoms. The molecule has 0 heterocycles. The van der Waals surface area contributed by atoms with Gasteiger partial charge in [-0.2, -0.15) is 0 Å². The third kappa shape index (κ3) is 4.94. The number of nitrogens with one attached hydrogen (secondary N) is 1. The highest BCUT2D eigenvalue weighted by atomic mass is 32.2. The molecule has 0 aromatic heterocycles. The summed E-state index contributed by atoms with van der Waals surface area (Å²) in [5.41, 5.74) is 1.81. The zero-order valence-corrected chi connectivity index (χ0v) is 17.4. The number of sulfonamides is 1. The quantitative estimate of drug-likeness (QED) is 0.558. The zero-order chi connectivity index (χ0) is 21.9. The Morgan fingerprint density at radius 1 is 1.20 bits per heavy atom. The van der Waals surface area contributed by atoms with Crippen molar-refractivity contribution in [3.63, 3.8) is 0 Å². The summed E-state index contributed by atoms with van der Waals surface area (Å²) in [4.78, 5) is 25.4. The van der Waals surface area contributed by atoms with Crippen LogP contribution in [-0.4, -0.2) is 33.0 Å². The van der Waals surface area contributed by atoms with Gasteiger partial charge in [-0.3, -0.25) is 14.3 Å². The number of esters is 1. The number of carbonyl (C=O) groups is 2. The number of allylic oxidation sites excluding steroid dienone is 2. The second kappa shape index (κ2) is 8.79. The van der Waals surface area contributed by atoms with Crippen LogP contribution in [0.5, 0.6) is 0 Å². The van der Waals surface area contributed by atoms with Crippen molar-refractivity contribution in [1.82, 2.24) is 0 Å². The van der Waals surface area contributed by atoms with Gasteiger partial charge in [-0.15, -0.1) is 0 Å². The van der Waals surface area contributed by atoms with E-state index in [-0.39, 0.29) is 18.6 Å². The van der Waals surface area contributed by atoms with Crippen LogP contribution >= 0.6 is 0 Å². The predicted molar refractivity (Wildman–Crippen MR) is 112 cm³/mol. The molecule has 0 saturated carbocycles. The number of rotatable bonds is 6. The van der Waals surface area contributed by atoms with Crippen molar-refractivity contribution in [2.24, 2.45) is 5.92 Å². The summed E-state index contributed by atoms with van der Waals surface area (Å²) in [5.74, 6) is -3.52. The van der Waals surface area contributed by atoms with Crippen molar-refractivity contribution in [3.05, 3.63) is 71.6 Å². The number of hydrogen-bond acceptors (Lipinski definition) is 5. The standard InChI is InChI=1S/C22H22FNO5S/c1-3-29-22(26)21-18(17-9-4-5-10-19(17)23)12-15(13-20(21)25)14-7-6-8-16(11-14)24-30(2,27)28/h4-11,13,18,21,24H,3,12H2,1-2H3/t18-,21+/m0/s1. The summed E-state index contributed by atoms with van der Waals surface area (Å²) in [6.45, 7) is 1.76. The number of halogens is 1. The maximum atomic E-state index is 14.5. The van der Waals surface area contributed by atoms with Gasteiger partial charge in [-0.1, -0.05) is 30.3 Å². The summed E-state index contributed by atoms with van der Waals surface area (Å²) in [7, 11) is -3.47. The van der Waals surface area contributed by atoms with Crippen LogP contribution in [0.1, 0.15) is 30.4 Å². The SMILES string of the molecule is CCOC(=O)[C@H]1C(=O)C=C(c2cccc(NS(C)(=O)=O)c2)C[C@H]1c1ccccc1F. The van der Waals surface area contributed by atoms with Gasteiger partial charge < -0.3 is 4.74 Å². The molecule has 0 fully saturated rings. The lowest BCUT2D eigenvalue weighted by molar-refractivity contribution is -0.151. The van der Waals surface area contributed by atoms with Gasteiger partial charge in [-0.05, 0) is 54.3 Å². The van der Waals surface area contributed by atoms with Crippen molar-refractivity contribution in [2.75, 3.05) is 17.6 Å². The Balaban J connectivity index is 2.03. The minimum atomic E-state index is -3.47. The molecule has 3 rings (SSSR count). The molecule has 0 amide bonds. The number of carbonyl (C=O) groups excluding carboxylic acids is 2. The average molecular weight is 431 g/mol. The molecule has 1 N–H and O–H groups in total. The lowest BCUT2D eigenvalue weighted by atomic mass is 9.73. The first-order valence-electron chi connectivity index (χ1n) is 9.43. The fraction of sp³-hybridized carbons (Fsp3) is 0.273. The molecule has 0 spiro atoms. The molecule has 2 aromatic rings. The van der Waals surface area contributed by atoms with E-state index in [1.54, 1.807) is 49.4 Å². The Morgan fingerprint density at radius 3 is 2.60 bits per heavy atom. The van der Waals surface area contributed by atoms with Crippen molar-refractivity contribution < 1.29 is 27.1 Å². The van der Waals surface area contributed by atoms with Crippen LogP contribution in [0.3, 0.4) is 0 Å². The Hall–Kier alpha value is -3.00. The lowest BCUT2D eigenvalue weighted by Crippen LogP contribution is -2.34. The molecule has 0 aliphatic heterocycles. The second-order valence-corrected chi connectivity index (χ2v) is 8.84. The molecule has 30 heavy (non-hydrogen) atoms. The highest BCUT2D eigenvalue weighted by Gasteiger charge is 2.40. The Kier molecular flexibility index (Phi) is 6.36. The van der Waals surface area contributed by atoms with Gasteiger partial charge >= 0.3 is 5.97 Å². The lowest BCUT2D eigenvalue weighted by Gasteiger charge is -2.29. The van der Waals surface area contributed by atoms with E-state index in [0.717, 1.165) is 6.26 Å². The second-order valence-electron chi connectivity index (χ2n) is 7.09. The van der Waals surface area contributed by atoms with E-state index in [9.17, 15) is 22.4 Å². The van der Waals surface area contributed by atoms with E-state index < -0.39 is 39.4 Å². The van der Waals surface area contributed by atoms with E-state index in [0.29, 0.717) is 16.8 Å². The van der Waals surface area contributed by atoms with E-state index in [4.69, 9.17) is 4.74 Å². The highest BCUT2D eigenvalue weighted by Crippen LogP contribution is 2.41. The molecule has 1 aliphatic rings. The zero-order valence-electron chi connectivity index (χ0n) is 16.6. The van der Waals surface area contributed by atoms with Crippen molar-refractivity contribution >= 4 is 33.0 Å². The molecule has 8 heteroatoms. The molecule has 1 aliphatic carbocycles. The van der Waals surface area contributed by atoms with Crippen LogP contribution in [0.2, 0.25) is 0 Å². The molecule has 2 aromatic carbocycles. The maximum Gasteiger partial charge on any atom is 0.317 e. The molecule has 0 radical (unpaired) electrons. The molecule has 2 atom stereocenters. The minimum absolute atomic E-state index is 0.113. The van der Waals surface area contributed by atoms with E-state index >= 15 is 0 Å². The monoisotopic (exact) mass is 431 g/mol. The Morgan fingerprint density at radius 2 is 1.93 bits per heavy atom. The first kappa shape index (κ1) is 21.7. The normalized spacial score (nSPS) is 19.2. The van der Waals surface area contributed by atoms with Gasteiger partial charge in [0.2, 0.25) is 10.0 Å². The Bertz CT molecular complexity index is 1110. The van der Waals surface area contributed by atoms with Gasteiger partial charge in [0.05, 0.1) is 12.9 Å². The number of anilines is 1. The number of ketones is 1. The summed E-state index contributed by atoms with van der Waals surface area (Å²) in [5, 5.41) is 0. The van der Waals surface area contributed by atoms with E-state index in [1.165, 1.54) is 12.1 Å². The summed E-state index contributed by atoms with van der Waals surface area (Å²) in [6.07, 6.45) is 2.62. The largest absolute Gasteiger partial charge is 0.465 e. The van der Waals surface area contributed by atoms with Gasteiger partial charge in [0.15, 0.2) is 5.78 Å². The van der Waals surface area contributed by atoms with Gasteiger partial charge in [0.1, 0.15) is 11.7 Å². The molecule has 0 saturated heterocycles.